The summed E-state index contributed by atoms with van der Waals surface area (Å²) in [5.74, 6) is 0.285. The predicted octanol–water partition coefficient (Wildman–Crippen LogP) is 3.74. The van der Waals surface area contributed by atoms with Gasteiger partial charge in [0.2, 0.25) is 5.91 Å². The summed E-state index contributed by atoms with van der Waals surface area (Å²) in [6, 6.07) is 10.2. The van der Waals surface area contributed by atoms with Crippen LogP contribution in [0.3, 0.4) is 0 Å². The van der Waals surface area contributed by atoms with E-state index in [0.29, 0.717) is 22.9 Å². The summed E-state index contributed by atoms with van der Waals surface area (Å²) in [7, 11) is 3.48. The van der Waals surface area contributed by atoms with Crippen LogP contribution in [-0.2, 0) is 23.0 Å². The number of hydrogen-bond donors (Lipinski definition) is 3. The molecule has 0 aliphatic rings. The SMILES string of the molecule is CNc1cc(-c2cc(NC(=O)C(Cc3ccc(F)cc3)NC(=O)OC(C)(C)C)n(C)n2)ccn1. The minimum absolute atomic E-state index is 0.145. The number of pyridine rings is 1. The molecule has 9 nitrogen and oxygen atoms in total. The van der Waals surface area contributed by atoms with Crippen LogP contribution in [0.2, 0.25) is 0 Å². The largest absolute Gasteiger partial charge is 0.444 e. The third kappa shape index (κ3) is 6.77. The molecule has 0 bridgehead atoms. The van der Waals surface area contributed by atoms with Crippen molar-refractivity contribution in [1.29, 1.82) is 0 Å². The number of aromatic nitrogens is 3. The van der Waals surface area contributed by atoms with Crippen molar-refractivity contribution in [2.75, 3.05) is 17.7 Å². The highest BCUT2D eigenvalue weighted by atomic mass is 19.1. The van der Waals surface area contributed by atoms with Crippen molar-refractivity contribution in [1.82, 2.24) is 20.1 Å². The van der Waals surface area contributed by atoms with E-state index in [4.69, 9.17) is 4.74 Å². The standard InChI is InChI=1S/C24H29FN6O3/c1-24(2,3)34-23(33)28-19(12-15-6-8-17(25)9-7-15)22(32)29-21-14-18(30-31(21)5)16-10-11-27-20(13-16)26-4/h6-11,13-14,19H,12H2,1-5H3,(H,26,27)(H,28,33)(H,29,32). The van der Waals surface area contributed by atoms with Crippen LogP contribution in [0, 0.1) is 5.82 Å². The van der Waals surface area contributed by atoms with Crippen molar-refractivity contribution in [2.24, 2.45) is 7.05 Å². The summed E-state index contributed by atoms with van der Waals surface area (Å²) >= 11 is 0. The first kappa shape index (κ1) is 24.7. The molecule has 2 heterocycles. The lowest BCUT2D eigenvalue weighted by molar-refractivity contribution is -0.118. The lowest BCUT2D eigenvalue weighted by Crippen LogP contribution is -2.47. The third-order valence-corrected chi connectivity index (χ3v) is 4.80. The van der Waals surface area contributed by atoms with Crippen LogP contribution in [0.1, 0.15) is 26.3 Å². The zero-order chi connectivity index (χ0) is 24.9. The Hall–Kier alpha value is -3.95. The molecule has 0 saturated carbocycles. The van der Waals surface area contributed by atoms with Gasteiger partial charge in [0.15, 0.2) is 0 Å². The van der Waals surface area contributed by atoms with E-state index in [-0.39, 0.29) is 12.2 Å². The highest BCUT2D eigenvalue weighted by Gasteiger charge is 2.26. The number of ether oxygens (including phenoxy) is 1. The molecule has 10 heteroatoms. The van der Waals surface area contributed by atoms with Crippen LogP contribution in [0.25, 0.3) is 11.3 Å². The van der Waals surface area contributed by atoms with Crippen LogP contribution in [0.5, 0.6) is 0 Å². The Balaban J connectivity index is 1.80. The summed E-state index contributed by atoms with van der Waals surface area (Å²) < 4.78 is 20.2. The summed E-state index contributed by atoms with van der Waals surface area (Å²) in [5.41, 5.74) is 1.42. The van der Waals surface area contributed by atoms with Gasteiger partial charge in [0, 0.05) is 38.3 Å². The van der Waals surface area contributed by atoms with Gasteiger partial charge in [0.05, 0.1) is 5.69 Å². The van der Waals surface area contributed by atoms with Gasteiger partial charge in [-0.05, 0) is 50.6 Å². The fourth-order valence-electron chi connectivity index (χ4n) is 3.18. The van der Waals surface area contributed by atoms with Gasteiger partial charge in [-0.25, -0.2) is 14.2 Å². The molecule has 3 rings (SSSR count). The lowest BCUT2D eigenvalue weighted by atomic mass is 10.1. The van der Waals surface area contributed by atoms with E-state index >= 15 is 0 Å². The number of rotatable bonds is 7. The van der Waals surface area contributed by atoms with E-state index in [0.717, 1.165) is 5.56 Å². The molecule has 180 valence electrons. The van der Waals surface area contributed by atoms with Crippen LogP contribution < -0.4 is 16.0 Å². The molecule has 0 aliphatic heterocycles. The maximum absolute atomic E-state index is 13.3. The molecular formula is C24H29FN6O3. The van der Waals surface area contributed by atoms with Gasteiger partial charge < -0.3 is 20.7 Å². The smallest absolute Gasteiger partial charge is 0.408 e. The zero-order valence-corrected chi connectivity index (χ0v) is 19.8. The van der Waals surface area contributed by atoms with Crippen molar-refractivity contribution < 1.29 is 18.7 Å². The maximum atomic E-state index is 13.3. The van der Waals surface area contributed by atoms with Gasteiger partial charge >= 0.3 is 6.09 Å². The van der Waals surface area contributed by atoms with E-state index in [1.165, 1.54) is 16.8 Å². The van der Waals surface area contributed by atoms with Crippen molar-refractivity contribution in [2.45, 2.75) is 38.8 Å². The van der Waals surface area contributed by atoms with E-state index in [9.17, 15) is 14.0 Å². The number of nitrogens with zero attached hydrogens (tertiary/aromatic N) is 3. The summed E-state index contributed by atoms with van der Waals surface area (Å²) in [6.45, 7) is 5.20. The number of hydrogen-bond acceptors (Lipinski definition) is 6. The first-order valence-corrected chi connectivity index (χ1v) is 10.8. The molecule has 0 fully saturated rings. The van der Waals surface area contributed by atoms with E-state index in [2.05, 4.69) is 26.0 Å². The second kappa shape index (κ2) is 10.3. The second-order valence-electron chi connectivity index (χ2n) is 8.74. The molecule has 0 radical (unpaired) electrons. The number of aryl methyl sites for hydroxylation is 1. The van der Waals surface area contributed by atoms with Crippen LogP contribution in [-0.4, -0.2) is 45.5 Å². The van der Waals surface area contributed by atoms with Crippen molar-refractivity contribution in [3.05, 3.63) is 60.0 Å². The van der Waals surface area contributed by atoms with Gasteiger partial charge in [0.25, 0.3) is 0 Å². The fraction of sp³-hybridized carbons (Fsp3) is 0.333. The predicted molar refractivity (Wildman–Crippen MR) is 128 cm³/mol. The van der Waals surface area contributed by atoms with Gasteiger partial charge in [-0.3, -0.25) is 9.48 Å². The Labute approximate surface area is 197 Å². The summed E-state index contributed by atoms with van der Waals surface area (Å²) in [5, 5.41) is 12.9. The van der Waals surface area contributed by atoms with Crippen molar-refractivity contribution >= 4 is 23.6 Å². The molecule has 0 spiro atoms. The number of halogens is 1. The topological polar surface area (TPSA) is 110 Å². The minimum atomic E-state index is -0.963. The Morgan fingerprint density at radius 2 is 1.85 bits per heavy atom. The van der Waals surface area contributed by atoms with Gasteiger partial charge in [-0.15, -0.1) is 0 Å². The molecule has 3 N–H and O–H groups in total. The highest BCUT2D eigenvalue weighted by molar-refractivity contribution is 5.96. The van der Waals surface area contributed by atoms with Crippen LogP contribution in [0.4, 0.5) is 20.8 Å². The highest BCUT2D eigenvalue weighted by Crippen LogP contribution is 2.23. The average molecular weight is 469 g/mol. The Morgan fingerprint density at radius 1 is 1.15 bits per heavy atom. The third-order valence-electron chi connectivity index (χ3n) is 4.80. The number of nitrogens with one attached hydrogen (secondary N) is 3. The molecule has 2 aromatic heterocycles. The molecular weight excluding hydrogens is 439 g/mol. The van der Waals surface area contributed by atoms with Crippen molar-refractivity contribution in [3.63, 3.8) is 0 Å². The Kier molecular flexibility index (Phi) is 7.50. The molecule has 0 saturated heterocycles. The molecule has 34 heavy (non-hydrogen) atoms. The number of anilines is 2. The number of alkyl carbamates (subject to hydrolysis) is 1. The van der Waals surface area contributed by atoms with E-state index in [1.807, 2.05) is 12.1 Å². The van der Waals surface area contributed by atoms with Gasteiger partial charge in [0.1, 0.15) is 29.1 Å². The molecule has 0 aliphatic carbocycles. The molecule has 2 amide bonds. The normalized spacial score (nSPS) is 12.1. The van der Waals surface area contributed by atoms with Gasteiger partial charge in [-0.1, -0.05) is 12.1 Å². The first-order chi connectivity index (χ1) is 16.0. The van der Waals surface area contributed by atoms with Crippen LogP contribution >= 0.6 is 0 Å². The summed E-state index contributed by atoms with van der Waals surface area (Å²) in [4.78, 5) is 29.7. The fourth-order valence-corrected chi connectivity index (χ4v) is 3.18. The number of benzene rings is 1. The molecule has 3 aromatic rings. The number of amides is 2. The monoisotopic (exact) mass is 468 g/mol. The van der Waals surface area contributed by atoms with Gasteiger partial charge in [-0.2, -0.15) is 5.10 Å². The summed E-state index contributed by atoms with van der Waals surface area (Å²) in [6.07, 6.45) is 1.08. The Morgan fingerprint density at radius 3 is 2.50 bits per heavy atom. The van der Waals surface area contributed by atoms with Crippen LogP contribution in [0.15, 0.2) is 48.7 Å². The first-order valence-electron chi connectivity index (χ1n) is 10.8. The van der Waals surface area contributed by atoms with Crippen molar-refractivity contribution in [3.8, 4) is 11.3 Å². The Bertz CT molecular complexity index is 1150. The number of carbonyl (C=O) groups is 2. The molecule has 1 unspecified atom stereocenters. The quantitative estimate of drug-likeness (QED) is 0.487. The van der Waals surface area contributed by atoms with E-state index in [1.54, 1.807) is 59.3 Å². The van der Waals surface area contributed by atoms with E-state index < -0.39 is 23.6 Å². The molecule has 1 atom stereocenters. The minimum Gasteiger partial charge on any atom is -0.444 e. The lowest BCUT2D eigenvalue weighted by Gasteiger charge is -2.23. The second-order valence-corrected chi connectivity index (χ2v) is 8.74. The maximum Gasteiger partial charge on any atom is 0.408 e. The number of carbonyl (C=O) groups excluding carboxylic acids is 2. The zero-order valence-electron chi connectivity index (χ0n) is 19.8. The molecule has 1 aromatic carbocycles. The average Bonchev–Trinajstić information content (AvgIpc) is 3.13.